The van der Waals surface area contributed by atoms with Crippen molar-refractivity contribution >= 4 is 11.9 Å². The maximum atomic E-state index is 11.0. The van der Waals surface area contributed by atoms with Crippen molar-refractivity contribution in [1.29, 1.82) is 0 Å². The second kappa shape index (κ2) is 2.20. The smallest absolute Gasteiger partial charge is 0.274 e. The average Bonchev–Trinajstić information content (AvgIpc) is 1.83. The van der Waals surface area contributed by atoms with E-state index in [4.69, 9.17) is 4.84 Å². The number of carbonyl (C=O) groups excluding carboxylic acids is 2. The van der Waals surface area contributed by atoms with Crippen molar-refractivity contribution < 1.29 is 14.4 Å². The van der Waals surface area contributed by atoms with Crippen LogP contribution in [0.25, 0.3) is 0 Å². The Morgan fingerprint density at radius 2 is 2.00 bits per heavy atom. The van der Waals surface area contributed by atoms with Crippen LogP contribution in [0.1, 0.15) is 13.8 Å². The van der Waals surface area contributed by atoms with Gasteiger partial charge in [0.2, 0.25) is 0 Å². The molecule has 0 radical (unpaired) electrons. The van der Waals surface area contributed by atoms with Gasteiger partial charge < -0.3 is 0 Å². The molecule has 1 heterocycles. The molecule has 5 nitrogen and oxygen atoms in total. The van der Waals surface area contributed by atoms with Crippen molar-refractivity contribution in [2.45, 2.75) is 19.4 Å². The Kier molecular flexibility index (Phi) is 1.60. The Hall–Kier alpha value is -1.10. The first-order chi connectivity index (χ1) is 4.93. The van der Waals surface area contributed by atoms with Crippen LogP contribution in [-0.2, 0) is 9.63 Å². The topological polar surface area (TPSA) is 58.6 Å². The van der Waals surface area contributed by atoms with Gasteiger partial charge in [-0.25, -0.2) is 9.86 Å². The molecule has 62 valence electrons. The summed E-state index contributed by atoms with van der Waals surface area (Å²) in [5.41, 5.74) is -0.956. The molecule has 0 atom stereocenters. The third kappa shape index (κ3) is 1.32. The Morgan fingerprint density at radius 1 is 1.45 bits per heavy atom. The van der Waals surface area contributed by atoms with Gasteiger partial charge in [0, 0.05) is 7.05 Å². The van der Waals surface area contributed by atoms with E-state index in [-0.39, 0.29) is 0 Å². The van der Waals surface area contributed by atoms with Crippen LogP contribution in [0.5, 0.6) is 0 Å². The lowest BCUT2D eigenvalue weighted by atomic mass is 10.1. The molecule has 1 rings (SSSR count). The lowest BCUT2D eigenvalue weighted by Crippen LogP contribution is -2.59. The number of urea groups is 1. The molecule has 1 saturated heterocycles. The minimum Gasteiger partial charge on any atom is -0.274 e. The van der Waals surface area contributed by atoms with Gasteiger partial charge in [0.05, 0.1) is 0 Å². The number of hydrogen-bond donors (Lipinski definition) is 1. The van der Waals surface area contributed by atoms with Gasteiger partial charge in [-0.3, -0.25) is 14.9 Å². The largest absolute Gasteiger partial charge is 0.347 e. The zero-order chi connectivity index (χ0) is 8.65. The molecule has 1 aliphatic rings. The van der Waals surface area contributed by atoms with Gasteiger partial charge in [0.15, 0.2) is 5.60 Å². The number of carbonyl (C=O) groups is 2. The van der Waals surface area contributed by atoms with E-state index < -0.39 is 17.5 Å². The number of nitrogens with one attached hydrogen (secondary N) is 1. The van der Waals surface area contributed by atoms with Crippen LogP contribution >= 0.6 is 0 Å². The zero-order valence-corrected chi connectivity index (χ0v) is 6.67. The van der Waals surface area contributed by atoms with Gasteiger partial charge >= 0.3 is 6.03 Å². The van der Waals surface area contributed by atoms with Crippen LogP contribution < -0.4 is 5.32 Å². The van der Waals surface area contributed by atoms with Crippen LogP contribution in [0.3, 0.4) is 0 Å². The molecule has 3 amide bonds. The molecule has 1 fully saturated rings. The number of nitrogens with zero attached hydrogens (tertiary/aromatic N) is 1. The van der Waals surface area contributed by atoms with Gasteiger partial charge in [-0.1, -0.05) is 0 Å². The fourth-order valence-corrected chi connectivity index (χ4v) is 0.752. The molecule has 0 bridgehead atoms. The van der Waals surface area contributed by atoms with E-state index in [9.17, 15) is 9.59 Å². The normalized spacial score (nSPS) is 23.4. The van der Waals surface area contributed by atoms with E-state index in [1.807, 2.05) is 0 Å². The molecule has 0 aliphatic carbocycles. The van der Waals surface area contributed by atoms with Crippen LogP contribution in [-0.4, -0.2) is 29.7 Å². The first-order valence-corrected chi connectivity index (χ1v) is 3.22. The molecule has 0 aromatic rings. The fraction of sp³-hybridized carbons (Fsp3) is 0.667. The van der Waals surface area contributed by atoms with Crippen molar-refractivity contribution in [3.05, 3.63) is 0 Å². The van der Waals surface area contributed by atoms with Gasteiger partial charge in [-0.15, -0.1) is 0 Å². The molecule has 5 heteroatoms. The number of hydroxylamine groups is 2. The number of amides is 3. The minimum absolute atomic E-state index is 0.416. The molecular weight excluding hydrogens is 148 g/mol. The van der Waals surface area contributed by atoms with E-state index in [1.165, 1.54) is 7.05 Å². The van der Waals surface area contributed by atoms with Crippen molar-refractivity contribution in [1.82, 2.24) is 10.4 Å². The molecule has 0 aromatic heterocycles. The summed E-state index contributed by atoms with van der Waals surface area (Å²) in [6, 6.07) is -0.533. The Bertz CT molecular complexity index is 212. The van der Waals surface area contributed by atoms with Crippen molar-refractivity contribution in [3.63, 3.8) is 0 Å². The summed E-state index contributed by atoms with van der Waals surface area (Å²) >= 11 is 0. The molecule has 0 aromatic carbocycles. The molecule has 1 aliphatic heterocycles. The van der Waals surface area contributed by atoms with Crippen LogP contribution in [0, 0.1) is 0 Å². The minimum atomic E-state index is -0.956. The average molecular weight is 158 g/mol. The number of hydrogen-bond acceptors (Lipinski definition) is 3. The zero-order valence-electron chi connectivity index (χ0n) is 6.67. The monoisotopic (exact) mass is 158 g/mol. The van der Waals surface area contributed by atoms with Gasteiger partial charge in [-0.05, 0) is 13.8 Å². The summed E-state index contributed by atoms with van der Waals surface area (Å²) in [6.07, 6.45) is 0. The Morgan fingerprint density at radius 3 is 2.45 bits per heavy atom. The quantitative estimate of drug-likeness (QED) is 0.534. The van der Waals surface area contributed by atoms with E-state index >= 15 is 0 Å². The summed E-state index contributed by atoms with van der Waals surface area (Å²) in [5.74, 6) is -0.416. The molecular formula is C6H10N2O3. The molecule has 0 spiro atoms. The van der Waals surface area contributed by atoms with Crippen molar-refractivity contribution in [2.75, 3.05) is 7.05 Å². The third-order valence-electron chi connectivity index (χ3n) is 1.42. The van der Waals surface area contributed by atoms with Crippen LogP contribution in [0.15, 0.2) is 0 Å². The first-order valence-electron chi connectivity index (χ1n) is 3.22. The first kappa shape index (κ1) is 8.00. The van der Waals surface area contributed by atoms with Gasteiger partial charge in [0.1, 0.15) is 0 Å². The summed E-state index contributed by atoms with van der Waals surface area (Å²) in [5, 5.41) is 3.14. The van der Waals surface area contributed by atoms with E-state index in [0.717, 1.165) is 5.06 Å². The lowest BCUT2D eigenvalue weighted by molar-refractivity contribution is -0.206. The summed E-state index contributed by atoms with van der Waals surface area (Å²) in [6.45, 7) is 3.18. The summed E-state index contributed by atoms with van der Waals surface area (Å²) in [7, 11) is 1.45. The maximum Gasteiger partial charge on any atom is 0.347 e. The van der Waals surface area contributed by atoms with Crippen molar-refractivity contribution in [2.24, 2.45) is 0 Å². The SMILES string of the molecule is CN1OC(C)(C)C(=O)NC1=O. The molecule has 0 saturated carbocycles. The van der Waals surface area contributed by atoms with Gasteiger partial charge in [0.25, 0.3) is 5.91 Å². The van der Waals surface area contributed by atoms with Crippen LogP contribution in [0.2, 0.25) is 0 Å². The number of imide groups is 1. The molecule has 11 heavy (non-hydrogen) atoms. The third-order valence-corrected chi connectivity index (χ3v) is 1.42. The van der Waals surface area contributed by atoms with Gasteiger partial charge in [-0.2, -0.15) is 0 Å². The Balaban J connectivity index is 2.79. The van der Waals surface area contributed by atoms with Crippen molar-refractivity contribution in [3.8, 4) is 0 Å². The summed E-state index contributed by atoms with van der Waals surface area (Å²) < 4.78 is 0. The molecule has 0 unspecified atom stereocenters. The highest BCUT2D eigenvalue weighted by Gasteiger charge is 2.38. The van der Waals surface area contributed by atoms with E-state index in [1.54, 1.807) is 13.8 Å². The fourth-order valence-electron chi connectivity index (χ4n) is 0.752. The molecule has 1 N–H and O–H groups in total. The van der Waals surface area contributed by atoms with E-state index in [2.05, 4.69) is 5.32 Å². The second-order valence-electron chi connectivity index (χ2n) is 2.86. The standard InChI is InChI=1S/C6H10N2O3/c1-6(2)4(9)7-5(10)8(3)11-6/h1-3H3,(H,7,9,10). The maximum absolute atomic E-state index is 11.0. The highest BCUT2D eigenvalue weighted by Crippen LogP contribution is 2.14. The van der Waals surface area contributed by atoms with Crippen LogP contribution in [0.4, 0.5) is 4.79 Å². The highest BCUT2D eigenvalue weighted by atomic mass is 16.7. The van der Waals surface area contributed by atoms with E-state index in [0.29, 0.717) is 0 Å². The Labute approximate surface area is 64.3 Å². The lowest BCUT2D eigenvalue weighted by Gasteiger charge is -2.33. The highest BCUT2D eigenvalue weighted by molar-refractivity contribution is 5.99. The predicted octanol–water partition coefficient (Wildman–Crippen LogP) is -0.122. The predicted molar refractivity (Wildman–Crippen MR) is 36.5 cm³/mol. The number of rotatable bonds is 0. The summed E-state index contributed by atoms with van der Waals surface area (Å²) in [4.78, 5) is 26.7. The second-order valence-corrected chi connectivity index (χ2v) is 2.86.